The second-order valence-corrected chi connectivity index (χ2v) is 4.44. The summed E-state index contributed by atoms with van der Waals surface area (Å²) in [6, 6.07) is 17.9. The lowest BCUT2D eigenvalue weighted by molar-refractivity contribution is -0.132. The molecule has 0 fully saturated rings. The summed E-state index contributed by atoms with van der Waals surface area (Å²) in [7, 11) is 0. The maximum Gasteiger partial charge on any atom is 0.356 e. The molecule has 0 aliphatic heterocycles. The van der Waals surface area contributed by atoms with Gasteiger partial charge in [0, 0.05) is 0 Å². The van der Waals surface area contributed by atoms with Gasteiger partial charge < -0.3 is 5.11 Å². The van der Waals surface area contributed by atoms with Crippen molar-refractivity contribution in [2.75, 3.05) is 0 Å². The summed E-state index contributed by atoms with van der Waals surface area (Å²) in [5, 5.41) is 25.5. The molecule has 0 atom stereocenters. The molecule has 2 aromatic rings. The molecule has 0 heterocycles. The highest BCUT2D eigenvalue weighted by molar-refractivity contribution is 5.86. The number of benzene rings is 2. The summed E-state index contributed by atoms with van der Waals surface area (Å²) in [4.78, 5) is 11.2. The number of nitriles is 1. The number of aliphatic carboxylic acids is 1. The molecular formula is C17H13N3O2. The molecule has 0 spiro atoms. The Kier molecular flexibility index (Phi) is 5.16. The number of nitrogens with zero attached hydrogens (tertiary/aromatic N) is 3. The van der Waals surface area contributed by atoms with Gasteiger partial charge in [0.1, 0.15) is 0 Å². The summed E-state index contributed by atoms with van der Waals surface area (Å²) >= 11 is 0. The highest BCUT2D eigenvalue weighted by atomic mass is 16.4. The first-order chi connectivity index (χ1) is 10.7. The first kappa shape index (κ1) is 15.1. The van der Waals surface area contributed by atoms with E-state index in [0.717, 1.165) is 5.56 Å². The lowest BCUT2D eigenvalue weighted by atomic mass is 10.1. The average molecular weight is 291 g/mol. The summed E-state index contributed by atoms with van der Waals surface area (Å²) in [5.41, 5.74) is 1.88. The Morgan fingerprint density at radius 1 is 1.14 bits per heavy atom. The van der Waals surface area contributed by atoms with Crippen LogP contribution in [-0.2, 0) is 11.2 Å². The highest BCUT2D eigenvalue weighted by Crippen LogP contribution is 2.15. The van der Waals surface area contributed by atoms with Crippen molar-refractivity contribution in [2.45, 2.75) is 6.42 Å². The van der Waals surface area contributed by atoms with Crippen molar-refractivity contribution < 1.29 is 9.90 Å². The van der Waals surface area contributed by atoms with Gasteiger partial charge in [-0.25, -0.2) is 4.79 Å². The van der Waals surface area contributed by atoms with Crippen LogP contribution in [-0.4, -0.2) is 11.1 Å². The molecule has 0 amide bonds. The van der Waals surface area contributed by atoms with E-state index in [1.165, 1.54) is 6.08 Å². The Balaban J connectivity index is 2.12. The van der Waals surface area contributed by atoms with Gasteiger partial charge in [-0.1, -0.05) is 30.3 Å². The summed E-state index contributed by atoms with van der Waals surface area (Å²) < 4.78 is 0. The van der Waals surface area contributed by atoms with Crippen molar-refractivity contribution in [3.05, 3.63) is 77.5 Å². The van der Waals surface area contributed by atoms with E-state index in [2.05, 4.69) is 10.2 Å². The maximum absolute atomic E-state index is 11.2. The van der Waals surface area contributed by atoms with Crippen molar-refractivity contribution in [1.29, 1.82) is 5.26 Å². The minimum atomic E-state index is -1.13. The number of hydrogen-bond acceptors (Lipinski definition) is 4. The van der Waals surface area contributed by atoms with Gasteiger partial charge in [-0.2, -0.15) is 10.4 Å². The summed E-state index contributed by atoms with van der Waals surface area (Å²) in [6.45, 7) is 0. The standard InChI is InChI=1S/C17H13N3O2/c18-12-14-6-9-15(10-7-14)19-20-16(17(21)22)11-8-13-4-2-1-3-5-13/h1-7,9-11H,8H2,(H,21,22)/b16-11+,20-19+. The molecule has 0 aliphatic carbocycles. The number of carbonyl (C=O) groups is 1. The van der Waals surface area contributed by atoms with E-state index in [-0.39, 0.29) is 5.70 Å². The highest BCUT2D eigenvalue weighted by Gasteiger charge is 2.05. The summed E-state index contributed by atoms with van der Waals surface area (Å²) in [6.07, 6.45) is 1.99. The molecule has 0 saturated heterocycles. The second-order valence-electron chi connectivity index (χ2n) is 4.44. The van der Waals surface area contributed by atoms with Crippen molar-refractivity contribution >= 4 is 11.7 Å². The number of carboxylic acid groups (broad SMARTS) is 1. The molecule has 0 aromatic heterocycles. The Morgan fingerprint density at radius 2 is 1.82 bits per heavy atom. The third-order valence-electron chi connectivity index (χ3n) is 2.86. The smallest absolute Gasteiger partial charge is 0.356 e. The first-order valence-corrected chi connectivity index (χ1v) is 6.58. The van der Waals surface area contributed by atoms with Gasteiger partial charge in [-0.05, 0) is 42.3 Å². The fourth-order valence-corrected chi connectivity index (χ4v) is 1.71. The van der Waals surface area contributed by atoms with Gasteiger partial charge in [0.05, 0.1) is 17.3 Å². The number of allylic oxidation sites excluding steroid dienone is 1. The molecule has 0 bridgehead atoms. The molecule has 0 saturated carbocycles. The van der Waals surface area contributed by atoms with E-state index in [1.54, 1.807) is 24.3 Å². The van der Waals surface area contributed by atoms with E-state index in [1.807, 2.05) is 36.4 Å². The minimum Gasteiger partial charge on any atom is -0.476 e. The van der Waals surface area contributed by atoms with E-state index < -0.39 is 5.97 Å². The Bertz CT molecular complexity index is 742. The molecule has 2 rings (SSSR count). The zero-order valence-electron chi connectivity index (χ0n) is 11.7. The molecule has 108 valence electrons. The number of hydrogen-bond donors (Lipinski definition) is 1. The molecule has 2 aromatic carbocycles. The Labute approximate surface area is 127 Å². The molecule has 22 heavy (non-hydrogen) atoms. The van der Waals surface area contributed by atoms with Gasteiger partial charge >= 0.3 is 5.97 Å². The molecule has 5 heteroatoms. The molecule has 0 radical (unpaired) electrons. The monoisotopic (exact) mass is 291 g/mol. The summed E-state index contributed by atoms with van der Waals surface area (Å²) in [5.74, 6) is -1.13. The Hall–Kier alpha value is -3.26. The normalized spacial score (nSPS) is 11.3. The van der Waals surface area contributed by atoms with Gasteiger partial charge in [-0.15, -0.1) is 5.11 Å². The fourth-order valence-electron chi connectivity index (χ4n) is 1.71. The molecule has 0 aliphatic rings. The van der Waals surface area contributed by atoms with Gasteiger partial charge in [0.15, 0.2) is 5.70 Å². The van der Waals surface area contributed by atoms with Crippen LogP contribution in [0, 0.1) is 11.3 Å². The van der Waals surface area contributed by atoms with Crippen LogP contribution in [0.2, 0.25) is 0 Å². The number of rotatable bonds is 5. The molecular weight excluding hydrogens is 278 g/mol. The topological polar surface area (TPSA) is 85.8 Å². The van der Waals surface area contributed by atoms with Crippen molar-refractivity contribution in [3.8, 4) is 6.07 Å². The minimum absolute atomic E-state index is 0.117. The van der Waals surface area contributed by atoms with E-state index in [4.69, 9.17) is 10.4 Å². The van der Waals surface area contributed by atoms with Gasteiger partial charge in [0.25, 0.3) is 0 Å². The first-order valence-electron chi connectivity index (χ1n) is 6.58. The largest absolute Gasteiger partial charge is 0.476 e. The SMILES string of the molecule is N#Cc1ccc(/N=N/C(=C/Cc2ccccc2)C(=O)O)cc1. The Morgan fingerprint density at radius 3 is 2.41 bits per heavy atom. The van der Waals surface area contributed by atoms with E-state index >= 15 is 0 Å². The molecule has 0 unspecified atom stereocenters. The predicted molar refractivity (Wildman–Crippen MR) is 81.5 cm³/mol. The third kappa shape index (κ3) is 4.39. The van der Waals surface area contributed by atoms with Crippen molar-refractivity contribution in [2.24, 2.45) is 10.2 Å². The maximum atomic E-state index is 11.2. The van der Waals surface area contributed by atoms with Crippen LogP contribution in [0.3, 0.4) is 0 Å². The van der Waals surface area contributed by atoms with Crippen LogP contribution in [0.5, 0.6) is 0 Å². The van der Waals surface area contributed by atoms with Crippen LogP contribution < -0.4 is 0 Å². The zero-order valence-corrected chi connectivity index (χ0v) is 11.7. The van der Waals surface area contributed by atoms with Gasteiger partial charge in [-0.3, -0.25) is 0 Å². The fraction of sp³-hybridized carbons (Fsp3) is 0.0588. The number of azo groups is 1. The van der Waals surface area contributed by atoms with Crippen LogP contribution in [0.1, 0.15) is 11.1 Å². The zero-order chi connectivity index (χ0) is 15.8. The lowest BCUT2D eigenvalue weighted by Crippen LogP contribution is -1.98. The third-order valence-corrected chi connectivity index (χ3v) is 2.86. The van der Waals surface area contributed by atoms with E-state index in [0.29, 0.717) is 17.7 Å². The quantitative estimate of drug-likeness (QED) is 0.670. The van der Waals surface area contributed by atoms with Crippen LogP contribution in [0.15, 0.2) is 76.6 Å². The number of carboxylic acids is 1. The van der Waals surface area contributed by atoms with Crippen LogP contribution in [0.25, 0.3) is 0 Å². The van der Waals surface area contributed by atoms with Crippen LogP contribution >= 0.6 is 0 Å². The van der Waals surface area contributed by atoms with Crippen molar-refractivity contribution in [1.82, 2.24) is 0 Å². The van der Waals surface area contributed by atoms with E-state index in [9.17, 15) is 4.79 Å². The van der Waals surface area contributed by atoms with Crippen LogP contribution in [0.4, 0.5) is 5.69 Å². The molecule has 1 N–H and O–H groups in total. The predicted octanol–water partition coefficient (Wildman–Crippen LogP) is 3.85. The lowest BCUT2D eigenvalue weighted by Gasteiger charge is -1.97. The van der Waals surface area contributed by atoms with Crippen molar-refractivity contribution in [3.63, 3.8) is 0 Å². The van der Waals surface area contributed by atoms with Gasteiger partial charge in [0.2, 0.25) is 0 Å². The average Bonchev–Trinajstić information content (AvgIpc) is 2.56. The molecule has 5 nitrogen and oxygen atoms in total. The second kappa shape index (κ2) is 7.50.